The summed E-state index contributed by atoms with van der Waals surface area (Å²) in [5.74, 6) is -1.68. The number of hydrogen-bond donors (Lipinski definition) is 1. The molecule has 1 fully saturated rings. The third kappa shape index (κ3) is 3.24. The van der Waals surface area contributed by atoms with Crippen molar-refractivity contribution in [3.8, 4) is 0 Å². The van der Waals surface area contributed by atoms with Crippen molar-refractivity contribution in [3.05, 3.63) is 98.8 Å². The average molecular weight is 430 g/mol. The highest BCUT2D eigenvalue weighted by molar-refractivity contribution is 6.22. The van der Waals surface area contributed by atoms with E-state index in [1.165, 1.54) is 9.58 Å². The number of fused-ring (bicyclic) bond motifs is 1. The number of imide groups is 1. The monoisotopic (exact) mass is 430 g/mol. The van der Waals surface area contributed by atoms with Crippen molar-refractivity contribution in [1.29, 1.82) is 0 Å². The molecule has 5 rings (SSSR count). The molecule has 2 heterocycles. The lowest BCUT2D eigenvalue weighted by atomic mass is 9.84. The number of aromatic nitrogens is 3. The molecular weight excluding hydrogens is 408 g/mol. The van der Waals surface area contributed by atoms with Gasteiger partial charge in [0.25, 0.3) is 0 Å². The van der Waals surface area contributed by atoms with Gasteiger partial charge in [-0.25, -0.2) is 28.8 Å². The van der Waals surface area contributed by atoms with Crippen LogP contribution in [0.5, 0.6) is 0 Å². The summed E-state index contributed by atoms with van der Waals surface area (Å²) in [4.78, 5) is 52.7. The van der Waals surface area contributed by atoms with E-state index < -0.39 is 29.3 Å². The van der Waals surface area contributed by atoms with Crippen LogP contribution in [0, 0.1) is 18.8 Å². The highest BCUT2D eigenvalue weighted by Gasteiger charge is 2.49. The maximum Gasteiger partial charge on any atom is 0.347 e. The number of nitrogens with one attached hydrogen (secondary N) is 1. The lowest BCUT2D eigenvalue weighted by Crippen LogP contribution is -2.33. The van der Waals surface area contributed by atoms with Crippen LogP contribution in [0.15, 0.2) is 76.3 Å². The number of nitrogens with zero attached hydrogens (tertiary/aromatic N) is 3. The number of benzene rings is 2. The molecule has 0 spiro atoms. The molecule has 162 valence electrons. The molecular formula is C24H22N4O4. The molecule has 0 radical (unpaired) electrons. The first kappa shape index (κ1) is 20.0. The lowest BCUT2D eigenvalue weighted by Gasteiger charge is -2.23. The van der Waals surface area contributed by atoms with E-state index in [4.69, 9.17) is 0 Å². The number of rotatable bonds is 4. The van der Waals surface area contributed by atoms with Crippen LogP contribution in [0.25, 0.3) is 0 Å². The molecule has 0 bridgehead atoms. The molecule has 3 atom stereocenters. The van der Waals surface area contributed by atoms with E-state index in [0.29, 0.717) is 5.69 Å². The topological polar surface area (TPSA) is 97.2 Å². The molecule has 3 unspecified atom stereocenters. The Morgan fingerprint density at radius 3 is 2.34 bits per heavy atom. The van der Waals surface area contributed by atoms with E-state index in [1.54, 1.807) is 24.3 Å². The van der Waals surface area contributed by atoms with Crippen LogP contribution in [-0.2, 0) is 16.1 Å². The number of H-pyrrole nitrogens is 1. The second kappa shape index (κ2) is 7.64. The number of anilines is 1. The van der Waals surface area contributed by atoms with Crippen molar-refractivity contribution >= 4 is 17.5 Å². The molecule has 32 heavy (non-hydrogen) atoms. The predicted molar refractivity (Wildman–Crippen MR) is 118 cm³/mol. The summed E-state index contributed by atoms with van der Waals surface area (Å²) in [6.45, 7) is 2.09. The van der Waals surface area contributed by atoms with Gasteiger partial charge in [-0.05, 0) is 31.0 Å². The Bertz CT molecular complexity index is 1330. The van der Waals surface area contributed by atoms with Gasteiger partial charge < -0.3 is 0 Å². The van der Waals surface area contributed by atoms with Gasteiger partial charge in [-0.3, -0.25) is 9.59 Å². The third-order valence-electron chi connectivity index (χ3n) is 6.22. The predicted octanol–water partition coefficient (Wildman–Crippen LogP) is 2.00. The normalized spacial score (nSPS) is 22.4. The fraction of sp³-hybridized carbons (Fsp3) is 0.250. The zero-order chi connectivity index (χ0) is 22.4. The van der Waals surface area contributed by atoms with E-state index in [9.17, 15) is 19.2 Å². The second-order valence-corrected chi connectivity index (χ2v) is 8.31. The number of hydrogen-bond acceptors (Lipinski definition) is 4. The van der Waals surface area contributed by atoms with Crippen LogP contribution in [0.3, 0.4) is 0 Å². The molecule has 1 N–H and O–H groups in total. The first-order chi connectivity index (χ1) is 15.4. The fourth-order valence-electron chi connectivity index (χ4n) is 4.50. The van der Waals surface area contributed by atoms with Crippen LogP contribution >= 0.6 is 0 Å². The first-order valence-corrected chi connectivity index (χ1v) is 10.5. The summed E-state index contributed by atoms with van der Waals surface area (Å²) in [6, 6.07) is 16.0. The summed E-state index contributed by atoms with van der Waals surface area (Å²) >= 11 is 0. The molecule has 2 amide bonds. The Kier molecular flexibility index (Phi) is 4.77. The lowest BCUT2D eigenvalue weighted by molar-refractivity contribution is -0.122. The molecule has 3 aromatic rings. The molecule has 2 aliphatic rings. The van der Waals surface area contributed by atoms with E-state index in [2.05, 4.69) is 5.10 Å². The van der Waals surface area contributed by atoms with Crippen LogP contribution < -0.4 is 16.3 Å². The van der Waals surface area contributed by atoms with Crippen LogP contribution in [0.1, 0.15) is 23.6 Å². The maximum atomic E-state index is 13.1. The number of aryl methyl sites for hydroxylation is 1. The average Bonchev–Trinajstić information content (AvgIpc) is 3.22. The van der Waals surface area contributed by atoms with Crippen molar-refractivity contribution < 1.29 is 9.59 Å². The van der Waals surface area contributed by atoms with E-state index in [-0.39, 0.29) is 24.8 Å². The molecule has 8 heteroatoms. The maximum absolute atomic E-state index is 13.1. The second-order valence-electron chi connectivity index (χ2n) is 8.31. The van der Waals surface area contributed by atoms with Crippen molar-refractivity contribution in [2.75, 3.05) is 4.90 Å². The summed E-state index contributed by atoms with van der Waals surface area (Å²) in [5.41, 5.74) is 1.43. The Morgan fingerprint density at radius 2 is 1.62 bits per heavy atom. The van der Waals surface area contributed by atoms with Crippen LogP contribution in [0.2, 0.25) is 0 Å². The Balaban J connectivity index is 1.42. The van der Waals surface area contributed by atoms with Gasteiger partial charge in [-0.1, -0.05) is 60.2 Å². The number of amides is 2. The Labute approximate surface area is 183 Å². The summed E-state index contributed by atoms with van der Waals surface area (Å²) in [6.07, 6.45) is 3.68. The standard InChI is InChI=1S/C24H22N4O4/c1-15-7-9-17(10-8-15)27-21(29)19-12-11-18(13-20(19)22(27)30)28-24(32)26(23(31)25-28)14-16-5-3-2-4-6-16/h2-12,18-20H,13-14H2,1H3,(H,25,31). The van der Waals surface area contributed by atoms with Crippen LogP contribution in [-0.4, -0.2) is 26.2 Å². The van der Waals surface area contributed by atoms with Crippen molar-refractivity contribution in [1.82, 2.24) is 14.3 Å². The van der Waals surface area contributed by atoms with Gasteiger partial charge in [0.15, 0.2) is 0 Å². The Morgan fingerprint density at radius 1 is 0.906 bits per heavy atom. The summed E-state index contributed by atoms with van der Waals surface area (Å²) in [5, 5.41) is 2.61. The molecule has 1 aliphatic carbocycles. The molecule has 2 aromatic carbocycles. The minimum Gasteiger partial charge on any atom is -0.274 e. The highest BCUT2D eigenvalue weighted by Crippen LogP contribution is 2.39. The SMILES string of the molecule is Cc1ccc(N2C(=O)C3C=CC(n4[nH]c(=O)n(Cc5ccccc5)c4=O)CC3C2=O)cc1. The van der Waals surface area contributed by atoms with Crippen molar-refractivity contribution in [2.45, 2.75) is 25.9 Å². The number of carbonyl (C=O) groups is 2. The first-order valence-electron chi connectivity index (χ1n) is 10.5. The smallest absolute Gasteiger partial charge is 0.274 e. The van der Waals surface area contributed by atoms with E-state index in [1.807, 2.05) is 49.4 Å². The molecule has 1 saturated heterocycles. The fourth-order valence-corrected chi connectivity index (χ4v) is 4.50. The van der Waals surface area contributed by atoms with E-state index in [0.717, 1.165) is 15.7 Å². The number of aromatic amines is 1. The number of carbonyl (C=O) groups excluding carboxylic acids is 2. The summed E-state index contributed by atoms with van der Waals surface area (Å²) < 4.78 is 2.39. The zero-order valence-electron chi connectivity index (χ0n) is 17.5. The van der Waals surface area contributed by atoms with E-state index >= 15 is 0 Å². The summed E-state index contributed by atoms with van der Waals surface area (Å²) in [7, 11) is 0. The van der Waals surface area contributed by atoms with Gasteiger partial charge in [0.1, 0.15) is 0 Å². The quantitative estimate of drug-likeness (QED) is 0.506. The van der Waals surface area contributed by atoms with Crippen LogP contribution in [0.4, 0.5) is 5.69 Å². The van der Waals surface area contributed by atoms with Gasteiger partial charge in [0.05, 0.1) is 30.1 Å². The van der Waals surface area contributed by atoms with Crippen molar-refractivity contribution in [2.24, 2.45) is 11.8 Å². The molecule has 1 aliphatic heterocycles. The minimum absolute atomic E-state index is 0.156. The third-order valence-corrected chi connectivity index (χ3v) is 6.22. The number of allylic oxidation sites excluding steroid dienone is 1. The van der Waals surface area contributed by atoms with Gasteiger partial charge in [0.2, 0.25) is 11.8 Å². The molecule has 0 saturated carbocycles. The molecule has 1 aromatic heterocycles. The minimum atomic E-state index is -0.577. The largest absolute Gasteiger partial charge is 0.347 e. The van der Waals surface area contributed by atoms with Gasteiger partial charge >= 0.3 is 11.4 Å². The van der Waals surface area contributed by atoms with Gasteiger partial charge in [-0.15, -0.1) is 0 Å². The van der Waals surface area contributed by atoms with Crippen molar-refractivity contribution in [3.63, 3.8) is 0 Å². The Hall–Kier alpha value is -3.94. The van der Waals surface area contributed by atoms with Gasteiger partial charge in [-0.2, -0.15) is 0 Å². The highest BCUT2D eigenvalue weighted by atomic mass is 16.2. The molecule has 8 nitrogen and oxygen atoms in total. The zero-order valence-corrected chi connectivity index (χ0v) is 17.5. The van der Waals surface area contributed by atoms with Gasteiger partial charge in [0, 0.05) is 0 Å².